The molecular weight excluding hydrogens is 531 g/mol. The summed E-state index contributed by atoms with van der Waals surface area (Å²) in [5, 5.41) is 0.308. The molecule has 1 aliphatic heterocycles. The van der Waals surface area contributed by atoms with Gasteiger partial charge in [-0.05, 0) is 52.0 Å². The second-order valence-electron chi connectivity index (χ2n) is 10.2. The minimum absolute atomic E-state index is 0.00465. The molecule has 0 atom stereocenters. The van der Waals surface area contributed by atoms with Crippen molar-refractivity contribution in [3.63, 3.8) is 0 Å². The van der Waals surface area contributed by atoms with Crippen molar-refractivity contribution < 1.29 is 36.7 Å². The van der Waals surface area contributed by atoms with Gasteiger partial charge in [0.1, 0.15) is 22.6 Å². The number of alkyl halides is 3. The molecule has 10 nitrogen and oxygen atoms in total. The number of rotatable bonds is 7. The number of amides is 2. The lowest BCUT2D eigenvalue weighted by atomic mass is 10.1. The molecular formula is C27H32F3N5O5. The first-order valence-corrected chi connectivity index (χ1v) is 12.8. The summed E-state index contributed by atoms with van der Waals surface area (Å²) < 4.78 is 57.1. The summed E-state index contributed by atoms with van der Waals surface area (Å²) in [6.45, 7) is 7.91. The van der Waals surface area contributed by atoms with Crippen molar-refractivity contribution in [1.82, 2.24) is 19.8 Å². The molecule has 0 radical (unpaired) electrons. The highest BCUT2D eigenvalue weighted by Gasteiger charge is 2.36. The molecule has 1 aromatic carbocycles. The SMILES string of the molecule is COC(C)(C)C(=O)N1CCN(C(=O)c2nc(-c3ccc(OC(C)C)c4nc(C(F)(F)F)ccc34)oc2CN)CC1. The number of benzene rings is 1. The largest absolute Gasteiger partial charge is 0.489 e. The smallest absolute Gasteiger partial charge is 0.433 e. The standard InChI is InChI=1S/C27H32F3N5O5/c1-15(2)39-18-8-6-17(16-7-9-20(27(28,29)30)32-21(16)18)23-33-22(19(14-31)40-23)24(36)34-10-12-35(13-11-34)25(37)26(3,4)38-5/h6-9,15H,10-14,31H2,1-5H3. The van der Waals surface area contributed by atoms with Gasteiger partial charge in [0.2, 0.25) is 5.89 Å². The number of methoxy groups -OCH3 is 1. The maximum absolute atomic E-state index is 13.4. The molecule has 216 valence electrons. The fraction of sp³-hybridized carbons (Fsp3) is 0.481. The van der Waals surface area contributed by atoms with E-state index < -0.39 is 23.4 Å². The van der Waals surface area contributed by atoms with E-state index in [1.807, 2.05) is 0 Å². The van der Waals surface area contributed by atoms with E-state index in [9.17, 15) is 22.8 Å². The second-order valence-corrected chi connectivity index (χ2v) is 10.2. The van der Waals surface area contributed by atoms with Gasteiger partial charge in [-0.25, -0.2) is 9.97 Å². The van der Waals surface area contributed by atoms with Crippen molar-refractivity contribution >= 4 is 22.7 Å². The van der Waals surface area contributed by atoms with E-state index in [1.54, 1.807) is 43.6 Å². The van der Waals surface area contributed by atoms with Crippen molar-refractivity contribution in [1.29, 1.82) is 0 Å². The van der Waals surface area contributed by atoms with Crippen LogP contribution in [0.25, 0.3) is 22.4 Å². The van der Waals surface area contributed by atoms with Gasteiger partial charge in [-0.15, -0.1) is 0 Å². The zero-order valence-electron chi connectivity index (χ0n) is 23.0. The number of oxazole rings is 1. The van der Waals surface area contributed by atoms with Crippen LogP contribution < -0.4 is 10.5 Å². The molecule has 2 aromatic heterocycles. The molecule has 0 spiro atoms. The van der Waals surface area contributed by atoms with Gasteiger partial charge in [-0.2, -0.15) is 13.2 Å². The van der Waals surface area contributed by atoms with Crippen molar-refractivity contribution in [2.75, 3.05) is 33.3 Å². The predicted molar refractivity (Wildman–Crippen MR) is 139 cm³/mol. The maximum atomic E-state index is 13.4. The summed E-state index contributed by atoms with van der Waals surface area (Å²) in [7, 11) is 1.47. The number of hydrogen-bond acceptors (Lipinski definition) is 8. The van der Waals surface area contributed by atoms with E-state index in [0.717, 1.165) is 6.07 Å². The Hall–Kier alpha value is -3.71. The molecule has 0 saturated carbocycles. The minimum atomic E-state index is -4.65. The molecule has 0 bridgehead atoms. The highest BCUT2D eigenvalue weighted by molar-refractivity contribution is 5.98. The van der Waals surface area contributed by atoms with Crippen LogP contribution in [0.1, 0.15) is 49.6 Å². The Morgan fingerprint density at radius 3 is 2.27 bits per heavy atom. The van der Waals surface area contributed by atoms with E-state index >= 15 is 0 Å². The minimum Gasteiger partial charge on any atom is -0.489 e. The summed E-state index contributed by atoms with van der Waals surface area (Å²) in [5.41, 5.74) is 4.14. The van der Waals surface area contributed by atoms with Gasteiger partial charge in [0, 0.05) is 44.2 Å². The Bertz CT molecular complexity index is 1410. The van der Waals surface area contributed by atoms with Crippen molar-refractivity contribution in [3.05, 3.63) is 41.4 Å². The summed E-state index contributed by atoms with van der Waals surface area (Å²) >= 11 is 0. The number of carbonyl (C=O) groups is 2. The van der Waals surface area contributed by atoms with E-state index in [2.05, 4.69) is 9.97 Å². The average molecular weight is 564 g/mol. The molecule has 3 heterocycles. The molecule has 0 unspecified atom stereocenters. The first kappa shape index (κ1) is 29.3. The van der Waals surface area contributed by atoms with Crippen LogP contribution in [0.3, 0.4) is 0 Å². The van der Waals surface area contributed by atoms with Crippen LogP contribution in [-0.2, 0) is 22.3 Å². The van der Waals surface area contributed by atoms with E-state index in [1.165, 1.54) is 19.2 Å². The Balaban J connectivity index is 1.66. The number of pyridine rings is 1. The first-order valence-electron chi connectivity index (χ1n) is 12.8. The van der Waals surface area contributed by atoms with Gasteiger partial charge < -0.3 is 29.4 Å². The third-order valence-electron chi connectivity index (χ3n) is 6.67. The Morgan fingerprint density at radius 1 is 1.05 bits per heavy atom. The maximum Gasteiger partial charge on any atom is 0.433 e. The van der Waals surface area contributed by atoms with Crippen molar-refractivity contribution in [2.45, 2.75) is 52.1 Å². The monoisotopic (exact) mass is 563 g/mol. The van der Waals surface area contributed by atoms with Crippen molar-refractivity contribution in [2.24, 2.45) is 5.73 Å². The second kappa shape index (κ2) is 11.0. The molecule has 4 rings (SSSR count). The van der Waals surface area contributed by atoms with Gasteiger partial charge in [0.05, 0.1) is 12.6 Å². The third kappa shape index (κ3) is 5.75. The first-order chi connectivity index (χ1) is 18.8. The summed E-state index contributed by atoms with van der Waals surface area (Å²) in [6.07, 6.45) is -4.96. The van der Waals surface area contributed by atoms with Gasteiger partial charge in [-0.3, -0.25) is 9.59 Å². The van der Waals surface area contributed by atoms with Gasteiger partial charge >= 0.3 is 6.18 Å². The third-order valence-corrected chi connectivity index (χ3v) is 6.67. The molecule has 1 fully saturated rings. The molecule has 1 aliphatic rings. The van der Waals surface area contributed by atoms with E-state index in [4.69, 9.17) is 19.6 Å². The van der Waals surface area contributed by atoms with Crippen LogP contribution in [0.5, 0.6) is 5.75 Å². The number of nitrogens with two attached hydrogens (primary N) is 1. The number of aromatic nitrogens is 2. The lowest BCUT2D eigenvalue weighted by Gasteiger charge is -2.37. The lowest BCUT2D eigenvalue weighted by Crippen LogP contribution is -2.55. The normalized spacial score (nSPS) is 14.8. The van der Waals surface area contributed by atoms with Crippen LogP contribution in [0.2, 0.25) is 0 Å². The summed E-state index contributed by atoms with van der Waals surface area (Å²) in [4.78, 5) is 37.5. The molecule has 1 saturated heterocycles. The van der Waals surface area contributed by atoms with Crippen LogP contribution in [0.15, 0.2) is 28.7 Å². The molecule has 2 amide bonds. The number of hydrogen-bond donors (Lipinski definition) is 1. The highest BCUT2D eigenvalue weighted by atomic mass is 19.4. The van der Waals surface area contributed by atoms with Crippen LogP contribution in [0.4, 0.5) is 13.2 Å². The number of carbonyl (C=O) groups excluding carboxylic acids is 2. The quantitative estimate of drug-likeness (QED) is 0.460. The summed E-state index contributed by atoms with van der Waals surface area (Å²) in [6, 6.07) is 5.24. The van der Waals surface area contributed by atoms with Gasteiger partial charge in [0.15, 0.2) is 11.5 Å². The number of fused-ring (bicyclic) bond motifs is 1. The Kier molecular flexibility index (Phi) is 8.08. The predicted octanol–water partition coefficient (Wildman–Crippen LogP) is 3.86. The van der Waals surface area contributed by atoms with E-state index in [-0.39, 0.29) is 60.3 Å². The van der Waals surface area contributed by atoms with Crippen molar-refractivity contribution in [3.8, 4) is 17.2 Å². The molecule has 0 aliphatic carbocycles. The van der Waals surface area contributed by atoms with Crippen LogP contribution >= 0.6 is 0 Å². The molecule has 13 heteroatoms. The Morgan fingerprint density at radius 2 is 1.70 bits per heavy atom. The highest BCUT2D eigenvalue weighted by Crippen LogP contribution is 2.37. The lowest BCUT2D eigenvalue weighted by molar-refractivity contribution is -0.152. The fourth-order valence-electron chi connectivity index (χ4n) is 4.39. The molecule has 3 aromatic rings. The topological polar surface area (TPSA) is 124 Å². The number of piperazine rings is 1. The molecule has 40 heavy (non-hydrogen) atoms. The fourth-order valence-corrected chi connectivity index (χ4v) is 4.39. The number of ether oxygens (including phenoxy) is 2. The number of halogens is 3. The zero-order valence-corrected chi connectivity index (χ0v) is 23.0. The Labute approximate surface area is 229 Å². The summed E-state index contributed by atoms with van der Waals surface area (Å²) in [5.74, 6) is -0.273. The van der Waals surface area contributed by atoms with Gasteiger partial charge in [0.25, 0.3) is 11.8 Å². The van der Waals surface area contributed by atoms with E-state index in [0.29, 0.717) is 24.0 Å². The van der Waals surface area contributed by atoms with Crippen LogP contribution in [0, 0.1) is 0 Å². The van der Waals surface area contributed by atoms with Gasteiger partial charge in [-0.1, -0.05) is 0 Å². The van der Waals surface area contributed by atoms with Crippen LogP contribution in [-0.4, -0.2) is 76.6 Å². The number of nitrogens with zero attached hydrogens (tertiary/aromatic N) is 4. The zero-order chi connectivity index (χ0) is 29.4. The average Bonchev–Trinajstić information content (AvgIpc) is 3.35. The molecule has 2 N–H and O–H groups in total.